The quantitative estimate of drug-likeness (QED) is 0.808. The smallest absolute Gasteiger partial charge is 0.311 e. The fraction of sp³-hybridized carbons (Fsp3) is 0.684. The lowest BCUT2D eigenvalue weighted by Crippen LogP contribution is -2.53. The van der Waals surface area contributed by atoms with Crippen molar-refractivity contribution in [1.82, 2.24) is 20.0 Å². The van der Waals surface area contributed by atoms with E-state index in [9.17, 15) is 9.59 Å². The molecule has 2 unspecified atom stereocenters. The maximum atomic E-state index is 12.5. The standard InChI is InChI=1S/C19H30N4O2S/c1-15(20-18(24)19(25)23-8-4-3-5-9-23)17(16-7-6-14-26-16)22-12-10-21(2)11-13-22/h6-7,14-15,17H,3-5,8-13H2,1-2H3,(H,20,24). The fourth-order valence-corrected chi connectivity index (χ4v) is 4.85. The number of hydrogen-bond acceptors (Lipinski definition) is 5. The molecule has 0 spiro atoms. The van der Waals surface area contributed by atoms with Gasteiger partial charge < -0.3 is 15.1 Å². The molecule has 0 saturated carbocycles. The van der Waals surface area contributed by atoms with Crippen LogP contribution in [0.15, 0.2) is 17.5 Å². The summed E-state index contributed by atoms with van der Waals surface area (Å²) in [6.07, 6.45) is 3.13. The third-order valence-corrected chi connectivity index (χ3v) is 6.38. The third-order valence-electron chi connectivity index (χ3n) is 5.44. The van der Waals surface area contributed by atoms with E-state index in [1.807, 2.05) is 6.92 Å². The summed E-state index contributed by atoms with van der Waals surface area (Å²) < 4.78 is 0. The van der Waals surface area contributed by atoms with Gasteiger partial charge >= 0.3 is 11.8 Å². The highest BCUT2D eigenvalue weighted by Crippen LogP contribution is 2.29. The van der Waals surface area contributed by atoms with Crippen molar-refractivity contribution >= 4 is 23.2 Å². The second-order valence-corrected chi connectivity index (χ2v) is 8.39. The van der Waals surface area contributed by atoms with Gasteiger partial charge in [-0.2, -0.15) is 0 Å². The lowest BCUT2D eigenvalue weighted by atomic mass is 10.0. The minimum absolute atomic E-state index is 0.113. The average Bonchev–Trinajstić information content (AvgIpc) is 3.17. The Morgan fingerprint density at radius 2 is 1.77 bits per heavy atom. The molecule has 2 atom stereocenters. The molecule has 3 heterocycles. The number of hydrogen-bond donors (Lipinski definition) is 1. The monoisotopic (exact) mass is 378 g/mol. The van der Waals surface area contributed by atoms with E-state index >= 15 is 0 Å². The van der Waals surface area contributed by atoms with Gasteiger partial charge in [0.2, 0.25) is 0 Å². The maximum absolute atomic E-state index is 12.5. The molecule has 3 rings (SSSR count). The van der Waals surface area contributed by atoms with Gasteiger partial charge in [-0.1, -0.05) is 6.07 Å². The number of likely N-dealkylation sites (tertiary alicyclic amines) is 1. The summed E-state index contributed by atoms with van der Waals surface area (Å²) in [5, 5.41) is 5.07. The van der Waals surface area contributed by atoms with Gasteiger partial charge in [0.1, 0.15) is 0 Å². The first-order chi connectivity index (χ1) is 12.6. The number of carbonyl (C=O) groups excluding carboxylic acids is 2. The molecule has 2 aliphatic rings. The van der Waals surface area contributed by atoms with E-state index < -0.39 is 5.91 Å². The Balaban J connectivity index is 1.66. The molecule has 2 saturated heterocycles. The van der Waals surface area contributed by atoms with E-state index in [4.69, 9.17) is 0 Å². The normalized spacial score (nSPS) is 22.0. The van der Waals surface area contributed by atoms with Gasteiger partial charge in [0.25, 0.3) is 0 Å². The Kier molecular flexibility index (Phi) is 6.67. The van der Waals surface area contributed by atoms with Crippen molar-refractivity contribution in [3.05, 3.63) is 22.4 Å². The number of piperazine rings is 1. The summed E-state index contributed by atoms with van der Waals surface area (Å²) in [5.74, 6) is -0.838. The number of thiophene rings is 1. The van der Waals surface area contributed by atoms with Crippen LogP contribution in [0.4, 0.5) is 0 Å². The number of rotatable bonds is 4. The largest absolute Gasteiger partial charge is 0.343 e. The van der Waals surface area contributed by atoms with Gasteiger partial charge in [-0.15, -0.1) is 11.3 Å². The number of carbonyl (C=O) groups is 2. The SMILES string of the molecule is CC(NC(=O)C(=O)N1CCCCC1)C(c1cccs1)N1CCN(C)CC1. The lowest BCUT2D eigenvalue weighted by molar-refractivity contribution is -0.147. The molecule has 26 heavy (non-hydrogen) atoms. The van der Waals surface area contributed by atoms with Crippen LogP contribution in [0, 0.1) is 0 Å². The van der Waals surface area contributed by atoms with E-state index in [-0.39, 0.29) is 18.0 Å². The summed E-state index contributed by atoms with van der Waals surface area (Å²) in [4.78, 5) is 32.7. The Morgan fingerprint density at radius 3 is 2.38 bits per heavy atom. The molecule has 2 fully saturated rings. The Bertz CT molecular complexity index is 593. The molecule has 0 bridgehead atoms. The Morgan fingerprint density at radius 1 is 1.08 bits per heavy atom. The highest BCUT2D eigenvalue weighted by atomic mass is 32.1. The van der Waals surface area contributed by atoms with Crippen LogP contribution < -0.4 is 5.32 Å². The molecule has 6 nitrogen and oxygen atoms in total. The van der Waals surface area contributed by atoms with E-state index in [0.717, 1.165) is 45.4 Å². The molecule has 144 valence electrons. The first-order valence-electron chi connectivity index (χ1n) is 9.62. The van der Waals surface area contributed by atoms with E-state index in [2.05, 4.69) is 39.7 Å². The predicted molar refractivity (Wildman–Crippen MR) is 104 cm³/mol. The summed E-state index contributed by atoms with van der Waals surface area (Å²) in [6, 6.07) is 4.18. The summed E-state index contributed by atoms with van der Waals surface area (Å²) in [6.45, 7) is 7.41. The summed E-state index contributed by atoms with van der Waals surface area (Å²) in [7, 11) is 2.14. The van der Waals surface area contributed by atoms with Gasteiger partial charge in [0, 0.05) is 50.2 Å². The van der Waals surface area contributed by atoms with Gasteiger partial charge in [-0.3, -0.25) is 14.5 Å². The van der Waals surface area contributed by atoms with Crippen LogP contribution in [0.2, 0.25) is 0 Å². The van der Waals surface area contributed by atoms with Crippen molar-refractivity contribution in [2.24, 2.45) is 0 Å². The van der Waals surface area contributed by atoms with E-state index in [1.165, 1.54) is 4.88 Å². The Hall–Kier alpha value is -1.44. The molecular weight excluding hydrogens is 348 g/mol. The second kappa shape index (κ2) is 8.97. The minimum Gasteiger partial charge on any atom is -0.343 e. The van der Waals surface area contributed by atoms with E-state index in [0.29, 0.717) is 13.1 Å². The van der Waals surface area contributed by atoms with Crippen molar-refractivity contribution in [1.29, 1.82) is 0 Å². The molecule has 7 heteroatoms. The molecule has 1 aromatic rings. The highest BCUT2D eigenvalue weighted by molar-refractivity contribution is 7.10. The zero-order valence-electron chi connectivity index (χ0n) is 15.8. The molecule has 0 aromatic carbocycles. The molecule has 1 aromatic heterocycles. The van der Waals surface area contributed by atoms with Crippen LogP contribution in [0.5, 0.6) is 0 Å². The van der Waals surface area contributed by atoms with Gasteiger partial charge in [0.05, 0.1) is 6.04 Å². The van der Waals surface area contributed by atoms with Crippen LogP contribution in [-0.2, 0) is 9.59 Å². The molecule has 2 aliphatic heterocycles. The number of nitrogens with one attached hydrogen (secondary N) is 1. The molecular formula is C19H30N4O2S. The van der Waals surface area contributed by atoms with E-state index in [1.54, 1.807) is 16.2 Å². The number of nitrogens with zero attached hydrogens (tertiary/aromatic N) is 3. The lowest BCUT2D eigenvalue weighted by Gasteiger charge is -2.40. The van der Waals surface area contributed by atoms with Crippen LogP contribution in [0.1, 0.15) is 37.1 Å². The predicted octanol–water partition coefficient (Wildman–Crippen LogP) is 1.55. The minimum atomic E-state index is -0.463. The Labute approximate surface area is 160 Å². The zero-order chi connectivity index (χ0) is 18.5. The highest BCUT2D eigenvalue weighted by Gasteiger charge is 2.32. The van der Waals surface area contributed by atoms with Crippen molar-refractivity contribution in [2.45, 2.75) is 38.3 Å². The first kappa shape index (κ1) is 19.3. The zero-order valence-corrected chi connectivity index (χ0v) is 16.6. The van der Waals surface area contributed by atoms with Crippen molar-refractivity contribution in [2.75, 3.05) is 46.3 Å². The summed E-state index contributed by atoms with van der Waals surface area (Å²) in [5.41, 5.74) is 0. The van der Waals surface area contributed by atoms with Gasteiger partial charge in [-0.25, -0.2) is 0 Å². The first-order valence-corrected chi connectivity index (χ1v) is 10.5. The van der Waals surface area contributed by atoms with Gasteiger partial charge in [-0.05, 0) is 44.7 Å². The molecule has 0 radical (unpaired) electrons. The van der Waals surface area contributed by atoms with Crippen molar-refractivity contribution in [3.8, 4) is 0 Å². The molecule has 0 aliphatic carbocycles. The third kappa shape index (κ3) is 4.64. The number of piperidine rings is 1. The topological polar surface area (TPSA) is 55.9 Å². The van der Waals surface area contributed by atoms with Gasteiger partial charge in [0.15, 0.2) is 0 Å². The second-order valence-electron chi connectivity index (χ2n) is 7.41. The van der Waals surface area contributed by atoms with Crippen LogP contribution in [0.25, 0.3) is 0 Å². The fourth-order valence-electron chi connectivity index (χ4n) is 3.89. The maximum Gasteiger partial charge on any atom is 0.311 e. The number of likely N-dealkylation sites (N-methyl/N-ethyl adjacent to an activating group) is 1. The van der Waals surface area contributed by atoms with Crippen LogP contribution >= 0.6 is 11.3 Å². The van der Waals surface area contributed by atoms with Crippen LogP contribution in [0.3, 0.4) is 0 Å². The van der Waals surface area contributed by atoms with Crippen molar-refractivity contribution in [3.63, 3.8) is 0 Å². The van der Waals surface area contributed by atoms with Crippen molar-refractivity contribution < 1.29 is 9.59 Å². The summed E-state index contributed by atoms with van der Waals surface area (Å²) >= 11 is 1.72. The molecule has 1 N–H and O–H groups in total. The van der Waals surface area contributed by atoms with Crippen LogP contribution in [-0.4, -0.2) is 78.9 Å². The average molecular weight is 379 g/mol. The number of amides is 2. The molecule has 2 amide bonds.